The van der Waals surface area contributed by atoms with E-state index < -0.39 is 20.7 Å². The maximum absolute atomic E-state index is 13.5. The molecule has 2 N–H and O–H groups in total. The minimum Gasteiger partial charge on any atom is -0.353 e. The van der Waals surface area contributed by atoms with E-state index in [0.717, 1.165) is 31.7 Å². The number of hydrogen-bond donors (Lipinski definition) is 2. The zero-order valence-corrected chi connectivity index (χ0v) is 13.2. The summed E-state index contributed by atoms with van der Waals surface area (Å²) in [5.41, 5.74) is 0. The standard InChI is InChI=1S/C15H21FN2O3S/c16-13-8-4-5-9-14(13)22(20,21)17-11-10-15(19)18-12-6-2-1-3-7-12/h4-5,8-9,12,17H,1-3,6-7,10-11H2,(H,18,19). The second-order valence-corrected chi connectivity index (χ2v) is 7.22. The van der Waals surface area contributed by atoms with Crippen molar-refractivity contribution >= 4 is 15.9 Å². The molecule has 1 aliphatic rings. The summed E-state index contributed by atoms with van der Waals surface area (Å²) in [6, 6.07) is 5.35. The highest BCUT2D eigenvalue weighted by Crippen LogP contribution is 2.17. The molecule has 0 aromatic heterocycles. The van der Waals surface area contributed by atoms with Gasteiger partial charge in [-0.1, -0.05) is 31.4 Å². The summed E-state index contributed by atoms with van der Waals surface area (Å²) in [6.07, 6.45) is 5.44. The van der Waals surface area contributed by atoms with Crippen molar-refractivity contribution in [2.45, 2.75) is 49.5 Å². The van der Waals surface area contributed by atoms with Gasteiger partial charge in [0.25, 0.3) is 0 Å². The maximum Gasteiger partial charge on any atom is 0.243 e. The fourth-order valence-corrected chi connectivity index (χ4v) is 3.69. The monoisotopic (exact) mass is 328 g/mol. The predicted octanol–water partition coefficient (Wildman–Crippen LogP) is 1.94. The Morgan fingerprint density at radius 1 is 1.18 bits per heavy atom. The lowest BCUT2D eigenvalue weighted by Crippen LogP contribution is -2.38. The fraction of sp³-hybridized carbons (Fsp3) is 0.533. The van der Waals surface area contributed by atoms with Crippen LogP contribution < -0.4 is 10.0 Å². The van der Waals surface area contributed by atoms with Gasteiger partial charge in [0.05, 0.1) is 0 Å². The van der Waals surface area contributed by atoms with E-state index in [4.69, 9.17) is 0 Å². The first-order chi connectivity index (χ1) is 10.5. The molecule has 1 aliphatic carbocycles. The minimum atomic E-state index is -3.92. The third-order valence-corrected chi connectivity index (χ3v) is 5.23. The maximum atomic E-state index is 13.5. The van der Waals surface area contributed by atoms with Gasteiger partial charge < -0.3 is 5.32 Å². The van der Waals surface area contributed by atoms with E-state index in [9.17, 15) is 17.6 Å². The van der Waals surface area contributed by atoms with Crippen LogP contribution in [0.4, 0.5) is 4.39 Å². The van der Waals surface area contributed by atoms with Gasteiger partial charge in [-0.15, -0.1) is 0 Å². The van der Waals surface area contributed by atoms with Crippen LogP contribution in [0.25, 0.3) is 0 Å². The second kappa shape index (κ2) is 7.69. The van der Waals surface area contributed by atoms with E-state index in [-0.39, 0.29) is 24.9 Å². The molecule has 1 saturated carbocycles. The minimum absolute atomic E-state index is 0.0458. The smallest absolute Gasteiger partial charge is 0.243 e. The van der Waals surface area contributed by atoms with Crippen molar-refractivity contribution in [3.63, 3.8) is 0 Å². The van der Waals surface area contributed by atoms with Crippen LogP contribution in [-0.2, 0) is 14.8 Å². The van der Waals surface area contributed by atoms with Crippen molar-refractivity contribution in [1.29, 1.82) is 0 Å². The predicted molar refractivity (Wildman–Crippen MR) is 81.2 cm³/mol. The molecule has 0 aliphatic heterocycles. The Bertz CT molecular complexity index is 613. The number of hydrogen-bond acceptors (Lipinski definition) is 3. The molecule has 1 aromatic carbocycles. The van der Waals surface area contributed by atoms with E-state index in [0.29, 0.717) is 0 Å². The number of amides is 1. The van der Waals surface area contributed by atoms with Gasteiger partial charge in [0.2, 0.25) is 15.9 Å². The summed E-state index contributed by atoms with van der Waals surface area (Å²) in [7, 11) is -3.92. The highest BCUT2D eigenvalue weighted by atomic mass is 32.2. The summed E-state index contributed by atoms with van der Waals surface area (Å²) in [5.74, 6) is -0.982. The summed E-state index contributed by atoms with van der Waals surface area (Å²) >= 11 is 0. The highest BCUT2D eigenvalue weighted by molar-refractivity contribution is 7.89. The van der Waals surface area contributed by atoms with E-state index >= 15 is 0 Å². The Hall–Kier alpha value is -1.47. The molecular formula is C15H21FN2O3S. The zero-order chi connectivity index (χ0) is 16.0. The Morgan fingerprint density at radius 3 is 2.55 bits per heavy atom. The van der Waals surface area contributed by atoms with E-state index in [2.05, 4.69) is 10.0 Å². The molecule has 0 heterocycles. The summed E-state index contributed by atoms with van der Waals surface area (Å²) in [5, 5.41) is 2.91. The molecule has 1 fully saturated rings. The van der Waals surface area contributed by atoms with E-state index in [1.807, 2.05) is 0 Å². The van der Waals surface area contributed by atoms with Crippen LogP contribution in [0.3, 0.4) is 0 Å². The zero-order valence-electron chi connectivity index (χ0n) is 12.3. The van der Waals surface area contributed by atoms with Crippen molar-refractivity contribution in [3.8, 4) is 0 Å². The fourth-order valence-electron chi connectivity index (χ4n) is 2.59. The van der Waals surface area contributed by atoms with E-state index in [1.165, 1.54) is 24.6 Å². The average molecular weight is 328 g/mol. The van der Waals surface area contributed by atoms with Gasteiger partial charge in [0.1, 0.15) is 10.7 Å². The van der Waals surface area contributed by atoms with Crippen LogP contribution in [0, 0.1) is 5.82 Å². The Morgan fingerprint density at radius 2 is 1.86 bits per heavy atom. The lowest BCUT2D eigenvalue weighted by Gasteiger charge is -2.22. The van der Waals surface area contributed by atoms with Crippen LogP contribution >= 0.6 is 0 Å². The van der Waals surface area contributed by atoms with Crippen molar-refractivity contribution in [2.24, 2.45) is 0 Å². The van der Waals surface area contributed by atoms with Gasteiger partial charge >= 0.3 is 0 Å². The third kappa shape index (κ3) is 4.78. The Kier molecular flexibility index (Phi) is 5.90. The van der Waals surface area contributed by atoms with Gasteiger partial charge in [-0.25, -0.2) is 17.5 Å². The normalized spacial score (nSPS) is 16.4. The number of sulfonamides is 1. The number of benzene rings is 1. The lowest BCUT2D eigenvalue weighted by atomic mass is 9.95. The number of rotatable bonds is 6. The van der Waals surface area contributed by atoms with Crippen molar-refractivity contribution in [2.75, 3.05) is 6.54 Å². The topological polar surface area (TPSA) is 75.3 Å². The van der Waals surface area contributed by atoms with Crippen LogP contribution in [0.5, 0.6) is 0 Å². The Labute approximate surface area is 130 Å². The van der Waals surface area contributed by atoms with Gasteiger partial charge in [0, 0.05) is 19.0 Å². The summed E-state index contributed by atoms with van der Waals surface area (Å²) in [4.78, 5) is 11.4. The first-order valence-corrected chi connectivity index (χ1v) is 9.01. The molecule has 0 bridgehead atoms. The third-order valence-electron chi connectivity index (χ3n) is 3.74. The van der Waals surface area contributed by atoms with Gasteiger partial charge in [-0.2, -0.15) is 0 Å². The lowest BCUT2D eigenvalue weighted by molar-refractivity contribution is -0.121. The highest BCUT2D eigenvalue weighted by Gasteiger charge is 2.19. The molecule has 5 nitrogen and oxygen atoms in total. The first-order valence-electron chi connectivity index (χ1n) is 7.52. The van der Waals surface area contributed by atoms with Crippen LogP contribution in [0.2, 0.25) is 0 Å². The first kappa shape index (κ1) is 16.9. The summed E-state index contributed by atoms with van der Waals surface area (Å²) < 4.78 is 39.6. The molecule has 2 rings (SSSR count). The number of carbonyl (C=O) groups excluding carboxylic acids is 1. The quantitative estimate of drug-likeness (QED) is 0.838. The molecule has 22 heavy (non-hydrogen) atoms. The molecule has 0 spiro atoms. The van der Waals surface area contributed by atoms with E-state index in [1.54, 1.807) is 0 Å². The average Bonchev–Trinajstić information content (AvgIpc) is 2.48. The largest absolute Gasteiger partial charge is 0.353 e. The van der Waals surface area contributed by atoms with Gasteiger partial charge in [-0.3, -0.25) is 4.79 Å². The Balaban J connectivity index is 1.80. The SMILES string of the molecule is O=C(CCNS(=O)(=O)c1ccccc1F)NC1CCCCC1. The van der Waals surface area contributed by atoms with Crippen molar-refractivity contribution in [3.05, 3.63) is 30.1 Å². The van der Waals surface area contributed by atoms with Crippen LogP contribution in [0.1, 0.15) is 38.5 Å². The molecule has 7 heteroatoms. The molecule has 1 amide bonds. The molecule has 0 atom stereocenters. The molecular weight excluding hydrogens is 307 g/mol. The molecule has 0 saturated heterocycles. The molecule has 122 valence electrons. The van der Waals surface area contributed by atoms with Crippen molar-refractivity contribution < 1.29 is 17.6 Å². The van der Waals surface area contributed by atoms with Crippen LogP contribution in [-0.4, -0.2) is 26.9 Å². The van der Waals surface area contributed by atoms with Gasteiger partial charge in [0.15, 0.2) is 0 Å². The van der Waals surface area contributed by atoms with Crippen LogP contribution in [0.15, 0.2) is 29.2 Å². The number of halogens is 1. The number of nitrogens with one attached hydrogen (secondary N) is 2. The van der Waals surface area contributed by atoms with Crippen molar-refractivity contribution in [1.82, 2.24) is 10.0 Å². The second-order valence-electron chi connectivity index (χ2n) is 5.48. The molecule has 1 aromatic rings. The molecule has 0 unspecified atom stereocenters. The summed E-state index contributed by atoms with van der Waals surface area (Å²) in [6.45, 7) is -0.0464. The van der Waals surface area contributed by atoms with Gasteiger partial charge in [-0.05, 0) is 25.0 Å². The number of carbonyl (C=O) groups is 1. The molecule has 0 radical (unpaired) electrons.